The van der Waals surface area contributed by atoms with E-state index in [0.717, 1.165) is 30.5 Å². The van der Waals surface area contributed by atoms with Gasteiger partial charge in [-0.2, -0.15) is 5.10 Å². The lowest BCUT2D eigenvalue weighted by molar-refractivity contribution is 0.0635. The average Bonchev–Trinajstić information content (AvgIpc) is 2.44. The third kappa shape index (κ3) is 1.49. The lowest BCUT2D eigenvalue weighted by Gasteiger charge is -2.39. The van der Waals surface area contributed by atoms with Gasteiger partial charge in [0, 0.05) is 25.2 Å². The van der Waals surface area contributed by atoms with Gasteiger partial charge in [-0.05, 0) is 19.8 Å². The molecule has 2 rings (SSSR count). The van der Waals surface area contributed by atoms with Crippen molar-refractivity contribution in [1.82, 2.24) is 9.78 Å². The van der Waals surface area contributed by atoms with Crippen molar-refractivity contribution in [3.8, 4) is 0 Å². The third-order valence-corrected chi connectivity index (χ3v) is 3.44. The van der Waals surface area contributed by atoms with Crippen LogP contribution in [0.4, 0.5) is 0 Å². The van der Waals surface area contributed by atoms with E-state index < -0.39 is 0 Å². The Morgan fingerprint density at radius 1 is 1.67 bits per heavy atom. The minimum atomic E-state index is -0.284. The first-order chi connectivity index (χ1) is 7.09. The van der Waals surface area contributed by atoms with Gasteiger partial charge in [-0.25, -0.2) is 0 Å². The van der Waals surface area contributed by atoms with Crippen LogP contribution in [0.5, 0.6) is 0 Å². The number of hydrogen-bond donors (Lipinski definition) is 1. The van der Waals surface area contributed by atoms with Crippen molar-refractivity contribution in [2.75, 3.05) is 6.54 Å². The van der Waals surface area contributed by atoms with Crippen LogP contribution in [0.15, 0.2) is 6.20 Å². The maximum Gasteiger partial charge on any atom is 0.173 e. The highest BCUT2D eigenvalue weighted by molar-refractivity contribution is 6.01. The molecule has 0 aliphatic heterocycles. The van der Waals surface area contributed by atoms with Crippen molar-refractivity contribution in [1.29, 1.82) is 0 Å². The topological polar surface area (TPSA) is 60.9 Å². The molecule has 0 unspecified atom stereocenters. The summed E-state index contributed by atoms with van der Waals surface area (Å²) in [5.41, 5.74) is 6.98. The molecule has 1 aliphatic carbocycles. The van der Waals surface area contributed by atoms with Crippen LogP contribution in [-0.2, 0) is 7.05 Å². The van der Waals surface area contributed by atoms with E-state index in [1.165, 1.54) is 0 Å². The van der Waals surface area contributed by atoms with Crippen LogP contribution < -0.4 is 5.73 Å². The second-order valence-corrected chi connectivity index (χ2v) is 4.47. The van der Waals surface area contributed by atoms with Gasteiger partial charge in [-0.3, -0.25) is 9.48 Å². The maximum absolute atomic E-state index is 12.3. The van der Waals surface area contributed by atoms with Crippen LogP contribution in [0.2, 0.25) is 0 Å². The lowest BCUT2D eigenvalue weighted by Crippen LogP contribution is -2.44. The largest absolute Gasteiger partial charge is 0.329 e. The van der Waals surface area contributed by atoms with Crippen LogP contribution in [0, 0.1) is 12.3 Å². The monoisotopic (exact) mass is 207 g/mol. The highest BCUT2D eigenvalue weighted by atomic mass is 16.1. The molecule has 1 aromatic rings. The minimum absolute atomic E-state index is 0.182. The number of hydrogen-bond acceptors (Lipinski definition) is 3. The zero-order valence-electron chi connectivity index (χ0n) is 9.29. The van der Waals surface area contributed by atoms with E-state index in [-0.39, 0.29) is 11.2 Å². The number of carbonyl (C=O) groups is 1. The standard InChI is InChI=1S/C11H17N3O/c1-8-9(6-14(2)13-8)10(15)11(7-12)4-3-5-11/h6H,3-5,7,12H2,1-2H3. The molecule has 2 N–H and O–H groups in total. The molecular weight excluding hydrogens is 190 g/mol. The predicted molar refractivity (Wildman–Crippen MR) is 57.6 cm³/mol. The second kappa shape index (κ2) is 3.45. The van der Waals surface area contributed by atoms with Gasteiger partial charge in [-0.1, -0.05) is 6.42 Å². The Labute approximate surface area is 89.5 Å². The number of Topliss-reactive ketones (excluding diaryl/α,β-unsaturated/α-hetero) is 1. The van der Waals surface area contributed by atoms with Crippen molar-refractivity contribution in [2.45, 2.75) is 26.2 Å². The fraction of sp³-hybridized carbons (Fsp3) is 0.636. The van der Waals surface area contributed by atoms with Crippen molar-refractivity contribution in [2.24, 2.45) is 18.2 Å². The Morgan fingerprint density at radius 3 is 2.67 bits per heavy atom. The summed E-state index contributed by atoms with van der Waals surface area (Å²) < 4.78 is 1.69. The highest BCUT2D eigenvalue weighted by Gasteiger charge is 2.43. The van der Waals surface area contributed by atoms with E-state index in [2.05, 4.69) is 5.10 Å². The fourth-order valence-electron chi connectivity index (χ4n) is 2.24. The summed E-state index contributed by atoms with van der Waals surface area (Å²) in [7, 11) is 1.83. The van der Waals surface area contributed by atoms with E-state index in [1.807, 2.05) is 14.0 Å². The van der Waals surface area contributed by atoms with Crippen molar-refractivity contribution < 1.29 is 4.79 Å². The molecule has 1 aliphatic rings. The summed E-state index contributed by atoms with van der Waals surface area (Å²) in [4.78, 5) is 12.3. The van der Waals surface area contributed by atoms with E-state index in [9.17, 15) is 4.79 Å². The number of aryl methyl sites for hydroxylation is 2. The number of ketones is 1. The summed E-state index contributed by atoms with van der Waals surface area (Å²) >= 11 is 0. The molecule has 4 heteroatoms. The first kappa shape index (κ1) is 10.4. The minimum Gasteiger partial charge on any atom is -0.329 e. The smallest absolute Gasteiger partial charge is 0.173 e. The summed E-state index contributed by atoms with van der Waals surface area (Å²) in [5, 5.41) is 4.19. The van der Waals surface area contributed by atoms with Crippen molar-refractivity contribution >= 4 is 5.78 Å². The predicted octanol–water partition coefficient (Wildman–Crippen LogP) is 1.04. The van der Waals surface area contributed by atoms with Crippen LogP contribution in [0.3, 0.4) is 0 Å². The van der Waals surface area contributed by atoms with Gasteiger partial charge in [0.05, 0.1) is 11.3 Å². The third-order valence-electron chi connectivity index (χ3n) is 3.44. The van der Waals surface area contributed by atoms with Gasteiger partial charge < -0.3 is 5.73 Å². The Morgan fingerprint density at radius 2 is 2.33 bits per heavy atom. The summed E-state index contributed by atoms with van der Waals surface area (Å²) in [6.07, 6.45) is 4.77. The van der Waals surface area contributed by atoms with Gasteiger partial charge in [0.1, 0.15) is 0 Å². The van der Waals surface area contributed by atoms with Gasteiger partial charge in [-0.15, -0.1) is 0 Å². The Balaban J connectivity index is 2.31. The van der Waals surface area contributed by atoms with Crippen LogP contribution in [0.25, 0.3) is 0 Å². The van der Waals surface area contributed by atoms with Crippen LogP contribution >= 0.6 is 0 Å². The Kier molecular flexibility index (Phi) is 2.38. The average molecular weight is 207 g/mol. The zero-order chi connectivity index (χ0) is 11.1. The normalized spacial score (nSPS) is 18.6. The van der Waals surface area contributed by atoms with Gasteiger partial charge in [0.15, 0.2) is 5.78 Å². The zero-order valence-corrected chi connectivity index (χ0v) is 9.29. The molecule has 0 amide bonds. The molecular formula is C11H17N3O. The molecule has 0 atom stereocenters. The molecule has 0 radical (unpaired) electrons. The molecule has 1 heterocycles. The first-order valence-corrected chi connectivity index (χ1v) is 5.34. The SMILES string of the molecule is Cc1nn(C)cc1C(=O)C1(CN)CCC1. The van der Waals surface area contributed by atoms with Crippen molar-refractivity contribution in [3.63, 3.8) is 0 Å². The number of carbonyl (C=O) groups excluding carboxylic acids is 1. The molecule has 0 aromatic carbocycles. The Hall–Kier alpha value is -1.16. The van der Waals surface area contributed by atoms with E-state index in [0.29, 0.717) is 6.54 Å². The number of rotatable bonds is 3. The molecule has 1 fully saturated rings. The Bertz CT molecular complexity index is 385. The van der Waals surface area contributed by atoms with Crippen LogP contribution in [-0.4, -0.2) is 22.1 Å². The fourth-order valence-corrected chi connectivity index (χ4v) is 2.24. The summed E-state index contributed by atoms with van der Waals surface area (Å²) in [5.74, 6) is 0.182. The first-order valence-electron chi connectivity index (χ1n) is 5.34. The van der Waals surface area contributed by atoms with Gasteiger partial charge in [0.25, 0.3) is 0 Å². The maximum atomic E-state index is 12.3. The molecule has 0 saturated heterocycles. The summed E-state index contributed by atoms with van der Waals surface area (Å²) in [6.45, 7) is 2.33. The quantitative estimate of drug-likeness (QED) is 0.753. The van der Waals surface area contributed by atoms with E-state index in [4.69, 9.17) is 5.73 Å². The van der Waals surface area contributed by atoms with E-state index >= 15 is 0 Å². The molecule has 0 bridgehead atoms. The number of aromatic nitrogens is 2. The van der Waals surface area contributed by atoms with Gasteiger partial charge in [0.2, 0.25) is 0 Å². The lowest BCUT2D eigenvalue weighted by atomic mass is 9.64. The van der Waals surface area contributed by atoms with Crippen molar-refractivity contribution in [3.05, 3.63) is 17.5 Å². The molecule has 1 aromatic heterocycles. The highest BCUT2D eigenvalue weighted by Crippen LogP contribution is 2.42. The van der Waals surface area contributed by atoms with Crippen LogP contribution in [0.1, 0.15) is 35.3 Å². The molecule has 15 heavy (non-hydrogen) atoms. The molecule has 82 valence electrons. The number of nitrogens with two attached hydrogens (primary N) is 1. The van der Waals surface area contributed by atoms with Gasteiger partial charge >= 0.3 is 0 Å². The molecule has 0 spiro atoms. The second-order valence-electron chi connectivity index (χ2n) is 4.47. The van der Waals surface area contributed by atoms with E-state index in [1.54, 1.807) is 10.9 Å². The number of nitrogens with zero attached hydrogens (tertiary/aromatic N) is 2. The summed E-state index contributed by atoms with van der Waals surface area (Å²) in [6, 6.07) is 0. The molecule has 4 nitrogen and oxygen atoms in total. The molecule has 1 saturated carbocycles.